The molecule has 28 heavy (non-hydrogen) atoms. The monoisotopic (exact) mass is 429 g/mol. The number of thioether (sulfide) groups is 1. The van der Waals surface area contributed by atoms with Gasteiger partial charge in [-0.25, -0.2) is 4.90 Å². The lowest BCUT2D eigenvalue weighted by molar-refractivity contribution is -0.143. The zero-order valence-electron chi connectivity index (χ0n) is 14.2. The van der Waals surface area contributed by atoms with Gasteiger partial charge in [0.25, 0.3) is 0 Å². The quantitative estimate of drug-likeness (QED) is 0.406. The van der Waals surface area contributed by atoms with Crippen molar-refractivity contribution in [3.05, 3.63) is 29.3 Å². The van der Waals surface area contributed by atoms with Gasteiger partial charge in [-0.15, -0.1) is 11.8 Å². The summed E-state index contributed by atoms with van der Waals surface area (Å²) in [6, 6.07) is 0.522. The first kappa shape index (κ1) is 22.1. The Balaban J connectivity index is 2.34. The van der Waals surface area contributed by atoms with Crippen LogP contribution in [-0.2, 0) is 31.5 Å². The minimum absolute atomic E-state index is 0.0908. The van der Waals surface area contributed by atoms with Gasteiger partial charge in [0, 0.05) is 6.42 Å². The number of carbonyl (C=O) groups excluding carboxylic acids is 3. The first-order valence-corrected chi connectivity index (χ1v) is 8.83. The van der Waals surface area contributed by atoms with E-state index in [0.717, 1.165) is 11.8 Å². The summed E-state index contributed by atoms with van der Waals surface area (Å²) in [5.41, 5.74) is -4.10. The third-order valence-electron chi connectivity index (χ3n) is 3.64. The van der Waals surface area contributed by atoms with E-state index < -0.39 is 58.6 Å². The minimum atomic E-state index is -5.11. The number of hydrogen-bond acceptors (Lipinski definition) is 5. The van der Waals surface area contributed by atoms with Crippen LogP contribution in [0.25, 0.3) is 0 Å². The number of benzene rings is 1. The lowest BCUT2D eigenvalue weighted by Crippen LogP contribution is -2.32. The van der Waals surface area contributed by atoms with Gasteiger partial charge in [0.05, 0.1) is 34.4 Å². The van der Waals surface area contributed by atoms with E-state index in [2.05, 4.69) is 4.74 Å². The summed E-state index contributed by atoms with van der Waals surface area (Å²) in [6.07, 6.45) is -10.7. The molecule has 1 fully saturated rings. The van der Waals surface area contributed by atoms with Crippen LogP contribution in [0.2, 0.25) is 0 Å². The van der Waals surface area contributed by atoms with E-state index in [9.17, 15) is 40.7 Å². The Bertz CT molecular complexity index is 760. The van der Waals surface area contributed by atoms with Gasteiger partial charge in [-0.1, -0.05) is 0 Å². The summed E-state index contributed by atoms with van der Waals surface area (Å²) >= 11 is 0.731. The maximum absolute atomic E-state index is 13.0. The second-order valence-electron chi connectivity index (χ2n) is 5.64. The van der Waals surface area contributed by atoms with Crippen molar-refractivity contribution in [1.82, 2.24) is 0 Å². The number of imide groups is 1. The fourth-order valence-corrected chi connectivity index (χ4v) is 3.37. The molecule has 0 spiro atoms. The molecule has 1 saturated heterocycles. The lowest BCUT2D eigenvalue weighted by Gasteiger charge is -2.19. The highest BCUT2D eigenvalue weighted by molar-refractivity contribution is 8.01. The molecule has 0 N–H and O–H groups in total. The largest absolute Gasteiger partial charge is 0.465 e. The molecule has 0 radical (unpaired) electrons. The number of nitrogens with zero attached hydrogens (tertiary/aromatic N) is 1. The SMILES string of the molecule is CCOC(=O)CSC1CC(=O)N(c2cc(C(F)(F)F)cc(C(F)(F)F)c2)C1=O. The number of esters is 1. The van der Waals surface area contributed by atoms with Crippen LogP contribution in [-0.4, -0.2) is 35.4 Å². The molecule has 0 aromatic heterocycles. The topological polar surface area (TPSA) is 63.7 Å². The highest BCUT2D eigenvalue weighted by Gasteiger charge is 2.43. The first-order chi connectivity index (χ1) is 12.8. The van der Waals surface area contributed by atoms with Gasteiger partial charge in [0.2, 0.25) is 11.8 Å². The molecule has 1 aliphatic heterocycles. The number of alkyl halides is 6. The summed E-state index contributed by atoms with van der Waals surface area (Å²) in [7, 11) is 0. The normalized spacial score (nSPS) is 18.0. The van der Waals surface area contributed by atoms with Crippen LogP contribution in [0.15, 0.2) is 18.2 Å². The van der Waals surface area contributed by atoms with Gasteiger partial charge < -0.3 is 4.74 Å². The Morgan fingerprint density at radius 3 is 2.11 bits per heavy atom. The molecule has 154 valence electrons. The predicted octanol–water partition coefficient (Wildman–Crippen LogP) is 3.65. The average Bonchev–Trinajstić information content (AvgIpc) is 2.85. The van der Waals surface area contributed by atoms with Gasteiger partial charge in [0.15, 0.2) is 0 Å². The molecule has 0 saturated carbocycles. The van der Waals surface area contributed by atoms with Gasteiger partial charge in [-0.05, 0) is 25.1 Å². The molecule has 0 aliphatic carbocycles. The number of ether oxygens (including phenoxy) is 1. The Kier molecular flexibility index (Phi) is 6.31. The van der Waals surface area contributed by atoms with Crippen molar-refractivity contribution in [2.75, 3.05) is 17.3 Å². The number of anilines is 1. The van der Waals surface area contributed by atoms with Crippen LogP contribution < -0.4 is 4.90 Å². The minimum Gasteiger partial charge on any atom is -0.465 e. The predicted molar refractivity (Wildman–Crippen MR) is 86.4 cm³/mol. The first-order valence-electron chi connectivity index (χ1n) is 7.78. The molecular weight excluding hydrogens is 416 g/mol. The highest BCUT2D eigenvalue weighted by Crippen LogP contribution is 2.40. The van der Waals surface area contributed by atoms with Gasteiger partial charge in [-0.3, -0.25) is 14.4 Å². The number of amides is 2. The Morgan fingerprint density at radius 1 is 1.11 bits per heavy atom. The molecule has 1 atom stereocenters. The number of carbonyl (C=O) groups is 3. The molecule has 1 aromatic carbocycles. The van der Waals surface area contributed by atoms with E-state index >= 15 is 0 Å². The summed E-state index contributed by atoms with van der Waals surface area (Å²) in [4.78, 5) is 36.1. The van der Waals surface area contributed by atoms with Crippen LogP contribution in [0.1, 0.15) is 24.5 Å². The van der Waals surface area contributed by atoms with Crippen molar-refractivity contribution in [2.24, 2.45) is 0 Å². The third kappa shape index (κ3) is 4.97. The Morgan fingerprint density at radius 2 is 1.64 bits per heavy atom. The number of hydrogen-bond donors (Lipinski definition) is 0. The maximum Gasteiger partial charge on any atom is 0.416 e. The summed E-state index contributed by atoms with van der Waals surface area (Å²) in [6.45, 7) is 1.65. The molecule has 1 heterocycles. The van der Waals surface area contributed by atoms with E-state index in [1.165, 1.54) is 0 Å². The van der Waals surface area contributed by atoms with Crippen molar-refractivity contribution in [3.63, 3.8) is 0 Å². The third-order valence-corrected chi connectivity index (χ3v) is 4.82. The second-order valence-corrected chi connectivity index (χ2v) is 6.83. The van der Waals surface area contributed by atoms with Crippen LogP contribution >= 0.6 is 11.8 Å². The smallest absolute Gasteiger partial charge is 0.416 e. The molecule has 1 aromatic rings. The fraction of sp³-hybridized carbons (Fsp3) is 0.438. The maximum atomic E-state index is 13.0. The van der Waals surface area contributed by atoms with Crippen LogP contribution in [0.4, 0.5) is 32.0 Å². The number of rotatable bonds is 5. The Hall–Kier alpha value is -2.24. The van der Waals surface area contributed by atoms with Crippen LogP contribution in [0.5, 0.6) is 0 Å². The van der Waals surface area contributed by atoms with Crippen LogP contribution in [0, 0.1) is 0 Å². The summed E-state index contributed by atoms with van der Waals surface area (Å²) in [5.74, 6) is -2.91. The van der Waals surface area contributed by atoms with E-state index in [1.54, 1.807) is 6.92 Å². The molecule has 5 nitrogen and oxygen atoms in total. The Labute approximate surface area is 159 Å². The van der Waals surface area contributed by atoms with Crippen molar-refractivity contribution in [3.8, 4) is 0 Å². The van der Waals surface area contributed by atoms with Crippen molar-refractivity contribution < 1.29 is 45.5 Å². The highest BCUT2D eigenvalue weighted by atomic mass is 32.2. The van der Waals surface area contributed by atoms with Gasteiger partial charge in [-0.2, -0.15) is 26.3 Å². The van der Waals surface area contributed by atoms with E-state index in [1.807, 2.05) is 0 Å². The average molecular weight is 429 g/mol. The van der Waals surface area contributed by atoms with Crippen molar-refractivity contribution in [1.29, 1.82) is 0 Å². The van der Waals surface area contributed by atoms with Crippen molar-refractivity contribution >= 4 is 35.2 Å². The molecule has 1 unspecified atom stereocenters. The standard InChI is InChI=1S/C16H13F6NO4S/c1-2-27-13(25)7-28-11-6-12(24)23(14(11)26)10-4-8(15(17,18)19)3-9(5-10)16(20,21)22/h3-5,11H,2,6-7H2,1H3. The fourth-order valence-electron chi connectivity index (χ4n) is 2.44. The van der Waals surface area contributed by atoms with Crippen molar-refractivity contribution in [2.45, 2.75) is 30.9 Å². The summed E-state index contributed by atoms with van der Waals surface area (Å²) < 4.78 is 82.5. The number of halogens is 6. The summed E-state index contributed by atoms with van der Waals surface area (Å²) in [5, 5.41) is -1.11. The molecular formula is C16H13F6NO4S. The lowest BCUT2D eigenvalue weighted by atomic mass is 10.1. The van der Waals surface area contributed by atoms with Gasteiger partial charge >= 0.3 is 18.3 Å². The van der Waals surface area contributed by atoms with Crippen LogP contribution in [0.3, 0.4) is 0 Å². The van der Waals surface area contributed by atoms with E-state index in [4.69, 9.17) is 0 Å². The second kappa shape index (κ2) is 8.02. The van der Waals surface area contributed by atoms with E-state index in [0.29, 0.717) is 12.1 Å². The molecule has 0 bridgehead atoms. The van der Waals surface area contributed by atoms with E-state index in [-0.39, 0.29) is 23.3 Å². The molecule has 2 amide bonds. The molecule has 12 heteroatoms. The zero-order valence-corrected chi connectivity index (χ0v) is 15.0. The molecule has 1 aliphatic rings. The molecule has 2 rings (SSSR count). The zero-order chi connectivity index (χ0) is 21.3. The van der Waals surface area contributed by atoms with Gasteiger partial charge in [0.1, 0.15) is 0 Å².